The summed E-state index contributed by atoms with van der Waals surface area (Å²) in [7, 11) is -3.62. The smallest absolute Gasteiger partial charge is 0.255 e. The number of carbonyl (C=O) groups is 1. The maximum Gasteiger partial charge on any atom is 0.255 e. The van der Waals surface area contributed by atoms with Crippen LogP contribution in [0.25, 0.3) is 11.3 Å². The van der Waals surface area contributed by atoms with Gasteiger partial charge in [-0.25, -0.2) is 13.4 Å². The number of rotatable bonds is 7. The molecule has 168 valence electrons. The molecule has 0 spiro atoms. The summed E-state index contributed by atoms with van der Waals surface area (Å²) in [6.45, 7) is 5.35. The van der Waals surface area contributed by atoms with Crippen molar-refractivity contribution in [2.75, 3.05) is 18.4 Å². The van der Waals surface area contributed by atoms with Gasteiger partial charge in [0.15, 0.2) is 0 Å². The summed E-state index contributed by atoms with van der Waals surface area (Å²) in [4.78, 5) is 17.6. The van der Waals surface area contributed by atoms with Gasteiger partial charge in [-0.2, -0.15) is 4.31 Å². The molecule has 1 aliphatic heterocycles. The van der Waals surface area contributed by atoms with Crippen LogP contribution in [0.1, 0.15) is 42.9 Å². The molecular formula is C24H28N4O3S. The van der Waals surface area contributed by atoms with Gasteiger partial charge in [-0.05, 0) is 43.2 Å². The van der Waals surface area contributed by atoms with E-state index in [0.29, 0.717) is 24.3 Å². The van der Waals surface area contributed by atoms with E-state index >= 15 is 0 Å². The van der Waals surface area contributed by atoms with Crippen LogP contribution in [0.15, 0.2) is 59.6 Å². The summed E-state index contributed by atoms with van der Waals surface area (Å²) >= 11 is 0. The summed E-state index contributed by atoms with van der Waals surface area (Å²) in [6.07, 6.45) is 5.46. The lowest BCUT2D eigenvalue weighted by atomic mass is 10.1. The van der Waals surface area contributed by atoms with E-state index in [1.165, 1.54) is 29.3 Å². The van der Waals surface area contributed by atoms with Gasteiger partial charge in [0.05, 0.1) is 10.6 Å². The summed E-state index contributed by atoms with van der Waals surface area (Å²) in [5.41, 5.74) is 2.87. The van der Waals surface area contributed by atoms with E-state index in [2.05, 4.69) is 16.1 Å². The normalized spacial score (nSPS) is 13.7. The zero-order valence-electron chi connectivity index (χ0n) is 18.4. The van der Waals surface area contributed by atoms with E-state index in [9.17, 15) is 13.2 Å². The number of nitrogens with zero attached hydrogens (tertiary/aromatic N) is 3. The van der Waals surface area contributed by atoms with Crippen molar-refractivity contribution in [2.24, 2.45) is 0 Å². The Hall–Kier alpha value is -2.97. The number of carbonyl (C=O) groups excluding carboxylic acids is 1. The number of fused-ring (bicyclic) bond motifs is 1. The van der Waals surface area contributed by atoms with E-state index < -0.39 is 10.0 Å². The van der Waals surface area contributed by atoms with Crippen molar-refractivity contribution in [2.45, 2.75) is 44.6 Å². The first-order chi connectivity index (χ1) is 15.4. The Morgan fingerprint density at radius 2 is 1.84 bits per heavy atom. The Balaban J connectivity index is 1.49. The monoisotopic (exact) mass is 452 g/mol. The molecule has 0 bridgehead atoms. The number of sulfonamides is 1. The van der Waals surface area contributed by atoms with Crippen molar-refractivity contribution in [1.82, 2.24) is 13.9 Å². The highest BCUT2D eigenvalue weighted by atomic mass is 32.2. The second kappa shape index (κ2) is 9.26. The van der Waals surface area contributed by atoms with Crippen molar-refractivity contribution in [1.29, 1.82) is 0 Å². The molecular weight excluding hydrogens is 424 g/mol. The molecule has 0 saturated heterocycles. The molecule has 1 amide bonds. The Bertz CT molecular complexity index is 1190. The number of imidazole rings is 1. The summed E-state index contributed by atoms with van der Waals surface area (Å²) in [5.74, 6) is 0.773. The minimum Gasteiger partial charge on any atom is -0.334 e. The number of benzene rings is 2. The van der Waals surface area contributed by atoms with E-state index in [4.69, 9.17) is 4.98 Å². The van der Waals surface area contributed by atoms with Gasteiger partial charge in [-0.1, -0.05) is 32.0 Å². The zero-order valence-corrected chi connectivity index (χ0v) is 19.2. The lowest BCUT2D eigenvalue weighted by molar-refractivity contribution is 0.102. The lowest BCUT2D eigenvalue weighted by Crippen LogP contribution is -2.30. The molecule has 0 atom stereocenters. The molecule has 1 N–H and O–H groups in total. The predicted molar refractivity (Wildman–Crippen MR) is 125 cm³/mol. The fourth-order valence-electron chi connectivity index (χ4n) is 3.99. The first-order valence-electron chi connectivity index (χ1n) is 11.0. The molecule has 0 saturated carbocycles. The molecule has 7 nitrogen and oxygen atoms in total. The third kappa shape index (κ3) is 4.47. The van der Waals surface area contributed by atoms with Crippen LogP contribution < -0.4 is 5.32 Å². The van der Waals surface area contributed by atoms with Gasteiger partial charge in [-0.15, -0.1) is 0 Å². The molecule has 0 aliphatic carbocycles. The average molecular weight is 453 g/mol. The molecule has 0 radical (unpaired) electrons. The molecule has 1 aromatic heterocycles. The van der Waals surface area contributed by atoms with Crippen LogP contribution >= 0.6 is 0 Å². The van der Waals surface area contributed by atoms with Gasteiger partial charge in [0.25, 0.3) is 5.91 Å². The number of aromatic nitrogens is 2. The van der Waals surface area contributed by atoms with Crippen LogP contribution in [-0.4, -0.2) is 41.3 Å². The van der Waals surface area contributed by atoms with E-state index in [-0.39, 0.29) is 10.8 Å². The number of amides is 1. The van der Waals surface area contributed by atoms with Gasteiger partial charge in [0.1, 0.15) is 5.82 Å². The van der Waals surface area contributed by atoms with Gasteiger partial charge < -0.3 is 9.88 Å². The highest BCUT2D eigenvalue weighted by Crippen LogP contribution is 2.24. The molecule has 32 heavy (non-hydrogen) atoms. The number of anilines is 1. The third-order valence-corrected chi connectivity index (χ3v) is 7.83. The molecule has 4 rings (SSSR count). The molecule has 0 unspecified atom stereocenters. The Morgan fingerprint density at radius 3 is 2.53 bits per heavy atom. The van der Waals surface area contributed by atoms with Crippen LogP contribution in [0.5, 0.6) is 0 Å². The van der Waals surface area contributed by atoms with Crippen LogP contribution in [0, 0.1) is 0 Å². The minimum atomic E-state index is -3.62. The summed E-state index contributed by atoms with van der Waals surface area (Å²) in [6, 6.07) is 13.7. The van der Waals surface area contributed by atoms with Crippen molar-refractivity contribution in [3.63, 3.8) is 0 Å². The molecule has 0 fully saturated rings. The van der Waals surface area contributed by atoms with Crippen LogP contribution in [0.2, 0.25) is 0 Å². The quantitative estimate of drug-likeness (QED) is 0.583. The Labute approximate surface area is 189 Å². The topological polar surface area (TPSA) is 84.3 Å². The fraction of sp³-hybridized carbons (Fsp3) is 0.333. The first-order valence-corrected chi connectivity index (χ1v) is 12.4. The fourth-order valence-corrected chi connectivity index (χ4v) is 5.49. The van der Waals surface area contributed by atoms with Crippen molar-refractivity contribution in [3.8, 4) is 11.3 Å². The maximum atomic E-state index is 12.8. The second-order valence-corrected chi connectivity index (χ2v) is 9.78. The number of nitrogens with one attached hydrogen (secondary N) is 1. The third-order valence-electron chi connectivity index (χ3n) is 5.79. The average Bonchev–Trinajstić information content (AvgIpc) is 3.24. The van der Waals surface area contributed by atoms with Gasteiger partial charge in [0, 0.05) is 49.1 Å². The van der Waals surface area contributed by atoms with E-state index in [1.54, 1.807) is 26.0 Å². The van der Waals surface area contributed by atoms with Crippen LogP contribution in [0.4, 0.5) is 5.69 Å². The van der Waals surface area contributed by atoms with Crippen LogP contribution in [0.3, 0.4) is 0 Å². The van der Waals surface area contributed by atoms with Gasteiger partial charge >= 0.3 is 0 Å². The molecule has 2 aromatic carbocycles. The van der Waals surface area contributed by atoms with Crippen molar-refractivity contribution >= 4 is 21.6 Å². The van der Waals surface area contributed by atoms with E-state index in [0.717, 1.165) is 30.0 Å². The van der Waals surface area contributed by atoms with Crippen molar-refractivity contribution in [3.05, 3.63) is 66.1 Å². The van der Waals surface area contributed by atoms with Crippen molar-refractivity contribution < 1.29 is 13.2 Å². The Morgan fingerprint density at radius 1 is 1.09 bits per heavy atom. The number of hydrogen-bond donors (Lipinski definition) is 1. The Kier molecular flexibility index (Phi) is 6.43. The second-order valence-electron chi connectivity index (χ2n) is 7.84. The molecule has 2 heterocycles. The van der Waals surface area contributed by atoms with Crippen LogP contribution in [-0.2, 0) is 23.0 Å². The maximum absolute atomic E-state index is 12.8. The largest absolute Gasteiger partial charge is 0.334 e. The molecule has 8 heteroatoms. The SMILES string of the molecule is CCN(CC)S(=O)(=O)c1cccc(C(=O)Nc2ccc(-c3cn4c(n3)CCCC4)cc2)c1. The van der Waals surface area contributed by atoms with Gasteiger partial charge in [0.2, 0.25) is 10.0 Å². The first kappa shape index (κ1) is 22.2. The number of aryl methyl sites for hydroxylation is 2. The number of hydrogen-bond acceptors (Lipinski definition) is 4. The minimum absolute atomic E-state index is 0.118. The molecule has 1 aliphatic rings. The molecule has 3 aromatic rings. The van der Waals surface area contributed by atoms with Gasteiger partial charge in [-0.3, -0.25) is 4.79 Å². The predicted octanol–water partition coefficient (Wildman–Crippen LogP) is 4.17. The zero-order chi connectivity index (χ0) is 22.7. The highest BCUT2D eigenvalue weighted by molar-refractivity contribution is 7.89. The summed E-state index contributed by atoms with van der Waals surface area (Å²) in [5, 5.41) is 2.85. The standard InChI is InChI=1S/C24H28N4O3S/c1-3-28(4-2)32(30,31)21-9-7-8-19(16-21)24(29)25-20-13-11-18(12-14-20)22-17-27-15-6-5-10-23(27)26-22/h7-9,11-14,16-17H,3-6,10,15H2,1-2H3,(H,25,29). The summed E-state index contributed by atoms with van der Waals surface area (Å²) < 4.78 is 29.1. The highest BCUT2D eigenvalue weighted by Gasteiger charge is 2.22. The van der Waals surface area contributed by atoms with E-state index in [1.807, 2.05) is 24.3 Å². The lowest BCUT2D eigenvalue weighted by Gasteiger charge is -2.18.